The van der Waals surface area contributed by atoms with Crippen LogP contribution in [0.25, 0.3) is 0 Å². The van der Waals surface area contributed by atoms with Gasteiger partial charge in [0.05, 0.1) is 0 Å². The van der Waals surface area contributed by atoms with Crippen LogP contribution in [0.2, 0.25) is 0 Å². The minimum Gasteiger partial charge on any atom is -0.314 e. The Balaban J connectivity index is 2.31. The van der Waals surface area contributed by atoms with Crippen molar-refractivity contribution in [3.05, 3.63) is 22.4 Å². The van der Waals surface area contributed by atoms with Gasteiger partial charge in [0.25, 0.3) is 0 Å². The number of rotatable bonds is 8. The highest BCUT2D eigenvalue weighted by atomic mass is 32.1. The molecular formula is C14H25NS. The fourth-order valence-corrected chi connectivity index (χ4v) is 2.72. The van der Waals surface area contributed by atoms with E-state index in [0.29, 0.717) is 6.04 Å². The zero-order chi connectivity index (χ0) is 11.8. The maximum atomic E-state index is 3.67. The summed E-state index contributed by atoms with van der Waals surface area (Å²) in [6.07, 6.45) is 5.03. The van der Waals surface area contributed by atoms with E-state index in [4.69, 9.17) is 0 Å². The van der Waals surface area contributed by atoms with Crippen LogP contribution >= 0.6 is 11.3 Å². The topological polar surface area (TPSA) is 12.0 Å². The largest absolute Gasteiger partial charge is 0.314 e. The van der Waals surface area contributed by atoms with Gasteiger partial charge < -0.3 is 5.32 Å². The van der Waals surface area contributed by atoms with Gasteiger partial charge in [-0.05, 0) is 49.6 Å². The molecule has 1 N–H and O–H groups in total. The van der Waals surface area contributed by atoms with Gasteiger partial charge in [-0.3, -0.25) is 0 Å². The van der Waals surface area contributed by atoms with Gasteiger partial charge in [-0.2, -0.15) is 0 Å². The normalized spacial score (nSPS) is 13.2. The first kappa shape index (κ1) is 13.7. The molecular weight excluding hydrogens is 214 g/mol. The van der Waals surface area contributed by atoms with Crippen molar-refractivity contribution in [2.24, 2.45) is 5.92 Å². The third-order valence-corrected chi connectivity index (χ3v) is 3.69. The second kappa shape index (κ2) is 7.86. The third-order valence-electron chi connectivity index (χ3n) is 2.76. The molecule has 0 amide bonds. The Labute approximate surface area is 104 Å². The molecule has 2 heteroatoms. The Kier molecular flexibility index (Phi) is 6.74. The molecule has 0 aliphatic rings. The van der Waals surface area contributed by atoms with E-state index >= 15 is 0 Å². The summed E-state index contributed by atoms with van der Waals surface area (Å²) >= 11 is 1.88. The molecule has 1 atom stereocenters. The Hall–Kier alpha value is -0.340. The summed E-state index contributed by atoms with van der Waals surface area (Å²) in [6, 6.07) is 5.09. The van der Waals surface area contributed by atoms with Crippen LogP contribution < -0.4 is 5.32 Å². The zero-order valence-electron chi connectivity index (χ0n) is 10.8. The van der Waals surface area contributed by atoms with Gasteiger partial charge >= 0.3 is 0 Å². The molecule has 1 aromatic heterocycles. The lowest BCUT2D eigenvalue weighted by Gasteiger charge is -2.20. The summed E-state index contributed by atoms with van der Waals surface area (Å²) in [4.78, 5) is 1.52. The second-order valence-electron chi connectivity index (χ2n) is 4.90. The summed E-state index contributed by atoms with van der Waals surface area (Å²) in [5, 5.41) is 5.84. The molecule has 1 rings (SSSR count). The van der Waals surface area contributed by atoms with Crippen LogP contribution in [0.1, 0.15) is 44.9 Å². The van der Waals surface area contributed by atoms with E-state index in [-0.39, 0.29) is 0 Å². The average molecular weight is 239 g/mol. The fourth-order valence-electron chi connectivity index (χ4n) is 1.99. The van der Waals surface area contributed by atoms with Crippen LogP contribution in [0.5, 0.6) is 0 Å². The highest BCUT2D eigenvalue weighted by Gasteiger charge is 2.10. The van der Waals surface area contributed by atoms with Gasteiger partial charge in [-0.25, -0.2) is 0 Å². The van der Waals surface area contributed by atoms with Crippen molar-refractivity contribution in [3.63, 3.8) is 0 Å². The number of hydrogen-bond acceptors (Lipinski definition) is 2. The first-order chi connectivity index (χ1) is 7.72. The van der Waals surface area contributed by atoms with Crippen molar-refractivity contribution in [3.8, 4) is 0 Å². The molecule has 1 aromatic rings. The van der Waals surface area contributed by atoms with E-state index in [1.165, 1.54) is 30.6 Å². The molecule has 16 heavy (non-hydrogen) atoms. The molecule has 0 spiro atoms. The molecule has 92 valence electrons. The molecule has 1 heterocycles. The Morgan fingerprint density at radius 2 is 2.19 bits per heavy atom. The van der Waals surface area contributed by atoms with Gasteiger partial charge in [0.15, 0.2) is 0 Å². The molecule has 0 fully saturated rings. The lowest BCUT2D eigenvalue weighted by atomic mass is 9.99. The van der Waals surface area contributed by atoms with Crippen LogP contribution in [0.4, 0.5) is 0 Å². The van der Waals surface area contributed by atoms with Crippen LogP contribution in [-0.4, -0.2) is 12.6 Å². The SMILES string of the molecule is CCCNC(CCc1cccs1)CC(C)C. The minimum atomic E-state index is 0.696. The molecule has 0 aliphatic carbocycles. The molecule has 0 saturated heterocycles. The van der Waals surface area contributed by atoms with Crippen molar-refractivity contribution >= 4 is 11.3 Å². The Morgan fingerprint density at radius 1 is 1.38 bits per heavy atom. The predicted octanol–water partition coefficient (Wildman–Crippen LogP) is 4.10. The van der Waals surface area contributed by atoms with Crippen molar-refractivity contribution in [1.29, 1.82) is 0 Å². The first-order valence-electron chi connectivity index (χ1n) is 6.48. The van der Waals surface area contributed by atoms with Gasteiger partial charge in [-0.15, -0.1) is 11.3 Å². The summed E-state index contributed by atoms with van der Waals surface area (Å²) in [5.41, 5.74) is 0. The quantitative estimate of drug-likeness (QED) is 0.720. The molecule has 0 aromatic carbocycles. The van der Waals surface area contributed by atoms with Gasteiger partial charge in [0.1, 0.15) is 0 Å². The summed E-state index contributed by atoms with van der Waals surface area (Å²) in [5.74, 6) is 0.790. The first-order valence-corrected chi connectivity index (χ1v) is 7.36. The van der Waals surface area contributed by atoms with Gasteiger partial charge in [0.2, 0.25) is 0 Å². The Morgan fingerprint density at radius 3 is 2.75 bits per heavy atom. The fraction of sp³-hybridized carbons (Fsp3) is 0.714. The molecule has 1 nitrogen and oxygen atoms in total. The zero-order valence-corrected chi connectivity index (χ0v) is 11.6. The van der Waals surface area contributed by atoms with E-state index in [1.807, 2.05) is 11.3 Å². The summed E-state index contributed by atoms with van der Waals surface area (Å²) in [7, 11) is 0. The average Bonchev–Trinajstić information content (AvgIpc) is 2.74. The van der Waals surface area contributed by atoms with Crippen molar-refractivity contribution in [2.45, 2.75) is 52.5 Å². The number of hydrogen-bond donors (Lipinski definition) is 1. The Bertz CT molecular complexity index is 254. The highest BCUT2D eigenvalue weighted by Crippen LogP contribution is 2.15. The molecule has 0 bridgehead atoms. The van der Waals surface area contributed by atoms with E-state index in [2.05, 4.69) is 43.6 Å². The standard InChI is InChI=1S/C14H25NS/c1-4-9-15-13(11-12(2)3)7-8-14-6-5-10-16-14/h5-6,10,12-13,15H,4,7-9,11H2,1-3H3. The van der Waals surface area contributed by atoms with Crippen LogP contribution in [0, 0.1) is 5.92 Å². The van der Waals surface area contributed by atoms with E-state index in [1.54, 1.807) is 0 Å². The summed E-state index contributed by atoms with van der Waals surface area (Å²) in [6.45, 7) is 8.01. The monoisotopic (exact) mass is 239 g/mol. The summed E-state index contributed by atoms with van der Waals surface area (Å²) < 4.78 is 0. The predicted molar refractivity (Wildman–Crippen MR) is 74.2 cm³/mol. The number of thiophene rings is 1. The van der Waals surface area contributed by atoms with Crippen molar-refractivity contribution in [1.82, 2.24) is 5.32 Å². The molecule has 0 saturated carbocycles. The lowest BCUT2D eigenvalue weighted by molar-refractivity contribution is 0.399. The lowest BCUT2D eigenvalue weighted by Crippen LogP contribution is -2.31. The molecule has 1 unspecified atom stereocenters. The van der Waals surface area contributed by atoms with E-state index < -0.39 is 0 Å². The van der Waals surface area contributed by atoms with Crippen molar-refractivity contribution in [2.75, 3.05) is 6.54 Å². The number of nitrogens with one attached hydrogen (secondary N) is 1. The van der Waals surface area contributed by atoms with Crippen LogP contribution in [-0.2, 0) is 6.42 Å². The maximum Gasteiger partial charge on any atom is 0.00729 e. The van der Waals surface area contributed by atoms with E-state index in [9.17, 15) is 0 Å². The second-order valence-corrected chi connectivity index (χ2v) is 5.93. The maximum absolute atomic E-state index is 3.67. The number of aryl methyl sites for hydroxylation is 1. The highest BCUT2D eigenvalue weighted by molar-refractivity contribution is 7.09. The third kappa shape index (κ3) is 5.66. The van der Waals surface area contributed by atoms with Gasteiger partial charge in [-0.1, -0.05) is 26.8 Å². The van der Waals surface area contributed by atoms with Crippen LogP contribution in [0.3, 0.4) is 0 Å². The molecule has 0 radical (unpaired) electrons. The molecule has 0 aliphatic heterocycles. The van der Waals surface area contributed by atoms with Crippen LogP contribution in [0.15, 0.2) is 17.5 Å². The minimum absolute atomic E-state index is 0.696. The van der Waals surface area contributed by atoms with Gasteiger partial charge in [0, 0.05) is 10.9 Å². The van der Waals surface area contributed by atoms with Crippen molar-refractivity contribution < 1.29 is 0 Å². The smallest absolute Gasteiger partial charge is 0.00729 e. The van der Waals surface area contributed by atoms with E-state index in [0.717, 1.165) is 12.5 Å².